The van der Waals surface area contributed by atoms with Crippen molar-refractivity contribution in [3.8, 4) is 0 Å². The topological polar surface area (TPSA) is 84.1 Å². The van der Waals surface area contributed by atoms with Crippen molar-refractivity contribution in [1.29, 1.82) is 0 Å². The maximum absolute atomic E-state index is 13.1. The van der Waals surface area contributed by atoms with Crippen LogP contribution in [0.4, 0.5) is 5.82 Å². The van der Waals surface area contributed by atoms with Crippen molar-refractivity contribution >= 4 is 22.8 Å². The third-order valence-corrected chi connectivity index (χ3v) is 4.94. The molecule has 3 aromatic heterocycles. The van der Waals surface area contributed by atoms with Crippen molar-refractivity contribution in [2.45, 2.75) is 45.1 Å². The van der Waals surface area contributed by atoms with Crippen LogP contribution in [0.5, 0.6) is 0 Å². The second-order valence-corrected chi connectivity index (χ2v) is 7.49. The first kappa shape index (κ1) is 18.4. The second-order valence-electron chi connectivity index (χ2n) is 7.49. The highest BCUT2D eigenvalue weighted by Gasteiger charge is 2.29. The molecule has 0 spiro atoms. The van der Waals surface area contributed by atoms with Crippen molar-refractivity contribution in [3.05, 3.63) is 46.9 Å². The number of hydrogen-bond donors (Lipinski definition) is 1. The molecular weight excluding hydrogens is 354 g/mol. The number of rotatable bonds is 7. The maximum Gasteiger partial charge on any atom is 0.259 e. The lowest BCUT2D eigenvalue weighted by Gasteiger charge is -2.13. The van der Waals surface area contributed by atoms with Crippen LogP contribution in [0.2, 0.25) is 0 Å². The van der Waals surface area contributed by atoms with Gasteiger partial charge in [0.2, 0.25) is 0 Å². The lowest BCUT2D eigenvalue weighted by Crippen LogP contribution is -2.24. The first-order valence-electron chi connectivity index (χ1n) is 9.77. The molecule has 1 aliphatic carbocycles. The van der Waals surface area contributed by atoms with Gasteiger partial charge in [0, 0.05) is 25.7 Å². The highest BCUT2D eigenvalue weighted by atomic mass is 16.5. The van der Waals surface area contributed by atoms with Crippen LogP contribution in [0.25, 0.3) is 11.1 Å². The van der Waals surface area contributed by atoms with Crippen LogP contribution < -0.4 is 10.2 Å². The zero-order valence-corrected chi connectivity index (χ0v) is 16.5. The Morgan fingerprint density at radius 1 is 1.29 bits per heavy atom. The molecule has 1 aliphatic rings. The number of anilines is 1. The van der Waals surface area contributed by atoms with Crippen molar-refractivity contribution in [2.24, 2.45) is 0 Å². The molecule has 0 saturated heterocycles. The zero-order valence-electron chi connectivity index (χ0n) is 16.5. The lowest BCUT2D eigenvalue weighted by molar-refractivity contribution is 0.0952. The van der Waals surface area contributed by atoms with Crippen LogP contribution in [0.15, 0.2) is 28.8 Å². The van der Waals surface area contributed by atoms with Gasteiger partial charge in [-0.15, -0.1) is 0 Å². The van der Waals surface area contributed by atoms with Crippen molar-refractivity contribution < 1.29 is 9.32 Å². The summed E-state index contributed by atoms with van der Waals surface area (Å²) in [7, 11) is 3.89. The van der Waals surface area contributed by atoms with Gasteiger partial charge in [-0.2, -0.15) is 0 Å². The zero-order chi connectivity index (χ0) is 19.7. The van der Waals surface area contributed by atoms with Crippen LogP contribution in [-0.4, -0.2) is 35.1 Å². The number of aryl methyl sites for hydroxylation is 1. The van der Waals surface area contributed by atoms with E-state index in [1.165, 1.54) is 0 Å². The summed E-state index contributed by atoms with van der Waals surface area (Å²) >= 11 is 0. The predicted octanol–water partition coefficient (Wildman–Crippen LogP) is 3.44. The minimum atomic E-state index is -0.146. The third kappa shape index (κ3) is 3.69. The second kappa shape index (κ2) is 7.58. The Labute approximate surface area is 164 Å². The molecule has 3 heterocycles. The number of fused-ring (bicyclic) bond motifs is 1. The summed E-state index contributed by atoms with van der Waals surface area (Å²) in [5, 5.41) is 7.90. The van der Waals surface area contributed by atoms with Crippen molar-refractivity contribution in [2.75, 3.05) is 19.0 Å². The first-order valence-corrected chi connectivity index (χ1v) is 9.77. The van der Waals surface area contributed by atoms with Crippen molar-refractivity contribution in [3.63, 3.8) is 0 Å². The van der Waals surface area contributed by atoms with E-state index in [9.17, 15) is 4.79 Å². The van der Waals surface area contributed by atoms with Crippen LogP contribution in [-0.2, 0) is 13.0 Å². The van der Waals surface area contributed by atoms with Gasteiger partial charge in [0.1, 0.15) is 5.82 Å². The molecule has 0 aliphatic heterocycles. The largest absolute Gasteiger partial charge is 0.363 e. The quantitative estimate of drug-likeness (QED) is 0.677. The van der Waals surface area contributed by atoms with Gasteiger partial charge in [-0.05, 0) is 37.5 Å². The molecule has 7 heteroatoms. The van der Waals surface area contributed by atoms with Gasteiger partial charge in [-0.1, -0.05) is 24.6 Å². The van der Waals surface area contributed by atoms with Gasteiger partial charge in [0.05, 0.1) is 28.9 Å². The van der Waals surface area contributed by atoms with Gasteiger partial charge in [0.15, 0.2) is 0 Å². The van der Waals surface area contributed by atoms with E-state index < -0.39 is 0 Å². The Hall–Kier alpha value is -2.96. The Balaban J connectivity index is 1.62. The number of carbonyl (C=O) groups is 1. The van der Waals surface area contributed by atoms with E-state index in [4.69, 9.17) is 4.52 Å². The minimum absolute atomic E-state index is 0.146. The first-order chi connectivity index (χ1) is 13.6. The smallest absolute Gasteiger partial charge is 0.259 e. The van der Waals surface area contributed by atoms with E-state index in [-0.39, 0.29) is 5.91 Å². The highest BCUT2D eigenvalue weighted by molar-refractivity contribution is 6.06. The minimum Gasteiger partial charge on any atom is -0.363 e. The molecular formula is C21H25N5O2. The molecule has 146 valence electrons. The number of aromatic nitrogens is 3. The van der Waals surface area contributed by atoms with E-state index in [0.717, 1.165) is 54.0 Å². The van der Waals surface area contributed by atoms with Gasteiger partial charge in [-0.3, -0.25) is 4.79 Å². The molecule has 0 aromatic carbocycles. The van der Waals surface area contributed by atoms with E-state index in [0.29, 0.717) is 23.7 Å². The van der Waals surface area contributed by atoms with Crippen LogP contribution in [0.1, 0.15) is 59.5 Å². The number of amides is 1. The SMILES string of the molecule is CCCc1noc2nc(C3CC3)cc(C(=O)NCc3cccc(N(C)C)n3)c12. The Kier molecular flexibility index (Phi) is 4.98. The molecule has 0 unspecified atom stereocenters. The molecule has 0 radical (unpaired) electrons. The molecule has 1 N–H and O–H groups in total. The third-order valence-electron chi connectivity index (χ3n) is 4.94. The average molecular weight is 379 g/mol. The molecule has 1 fully saturated rings. The highest BCUT2D eigenvalue weighted by Crippen LogP contribution is 2.40. The Morgan fingerprint density at radius 3 is 2.82 bits per heavy atom. The van der Waals surface area contributed by atoms with E-state index >= 15 is 0 Å². The van der Waals surface area contributed by atoms with Gasteiger partial charge in [0.25, 0.3) is 11.6 Å². The van der Waals surface area contributed by atoms with E-state index in [1.807, 2.05) is 43.3 Å². The summed E-state index contributed by atoms with van der Waals surface area (Å²) in [6.07, 6.45) is 3.89. The Bertz CT molecular complexity index is 1010. The Morgan fingerprint density at radius 2 is 2.11 bits per heavy atom. The molecule has 1 saturated carbocycles. The van der Waals surface area contributed by atoms with Gasteiger partial charge in [-0.25, -0.2) is 9.97 Å². The number of nitrogens with zero attached hydrogens (tertiary/aromatic N) is 4. The summed E-state index contributed by atoms with van der Waals surface area (Å²) in [5.74, 6) is 1.14. The average Bonchev–Trinajstić information content (AvgIpc) is 3.48. The van der Waals surface area contributed by atoms with Gasteiger partial charge < -0.3 is 14.7 Å². The summed E-state index contributed by atoms with van der Waals surface area (Å²) < 4.78 is 5.46. The number of hydrogen-bond acceptors (Lipinski definition) is 6. The summed E-state index contributed by atoms with van der Waals surface area (Å²) in [5.41, 5.74) is 3.59. The molecule has 1 amide bonds. The normalized spacial score (nSPS) is 13.7. The van der Waals surface area contributed by atoms with Crippen LogP contribution in [0, 0.1) is 0 Å². The van der Waals surface area contributed by atoms with E-state index in [2.05, 4.69) is 27.4 Å². The summed E-state index contributed by atoms with van der Waals surface area (Å²) in [4.78, 5) is 24.2. The van der Waals surface area contributed by atoms with Crippen molar-refractivity contribution in [1.82, 2.24) is 20.4 Å². The standard InChI is InChI=1S/C21H25N5O2/c1-4-6-16-19-15(11-17(13-9-10-13)24-21(19)28-25-16)20(27)22-12-14-7-5-8-18(23-14)26(2)3/h5,7-8,11,13H,4,6,9-10,12H2,1-3H3,(H,22,27). The molecule has 4 rings (SSSR count). The van der Waals surface area contributed by atoms with Crippen LogP contribution in [0.3, 0.4) is 0 Å². The fourth-order valence-electron chi connectivity index (χ4n) is 3.28. The number of pyridine rings is 2. The number of nitrogens with one attached hydrogen (secondary N) is 1. The van der Waals surface area contributed by atoms with Crippen LogP contribution >= 0.6 is 0 Å². The molecule has 28 heavy (non-hydrogen) atoms. The van der Waals surface area contributed by atoms with Gasteiger partial charge >= 0.3 is 0 Å². The fraction of sp³-hybridized carbons (Fsp3) is 0.429. The molecule has 0 atom stereocenters. The lowest BCUT2D eigenvalue weighted by atomic mass is 10.0. The molecule has 0 bridgehead atoms. The maximum atomic E-state index is 13.1. The summed E-state index contributed by atoms with van der Waals surface area (Å²) in [6.45, 7) is 2.44. The number of carbonyl (C=O) groups excluding carboxylic acids is 1. The molecule has 3 aromatic rings. The summed E-state index contributed by atoms with van der Waals surface area (Å²) in [6, 6.07) is 7.70. The fourth-order valence-corrected chi connectivity index (χ4v) is 3.28. The monoisotopic (exact) mass is 379 g/mol. The molecule has 7 nitrogen and oxygen atoms in total. The predicted molar refractivity (Wildman–Crippen MR) is 108 cm³/mol. The van der Waals surface area contributed by atoms with E-state index in [1.54, 1.807) is 0 Å².